The Morgan fingerprint density at radius 2 is 2.00 bits per heavy atom. The van der Waals surface area contributed by atoms with Crippen molar-refractivity contribution in [2.45, 2.75) is 26.0 Å². The SMILES string of the molecule is COCOC(C)C(C)N. The summed E-state index contributed by atoms with van der Waals surface area (Å²) >= 11 is 0. The van der Waals surface area contributed by atoms with Crippen molar-refractivity contribution in [3.8, 4) is 0 Å². The van der Waals surface area contributed by atoms with Gasteiger partial charge < -0.3 is 15.2 Å². The third-order valence-electron chi connectivity index (χ3n) is 1.19. The van der Waals surface area contributed by atoms with Gasteiger partial charge in [0.2, 0.25) is 0 Å². The van der Waals surface area contributed by atoms with Crippen LogP contribution in [0.5, 0.6) is 0 Å². The first kappa shape index (κ1) is 8.88. The van der Waals surface area contributed by atoms with Gasteiger partial charge in [0.1, 0.15) is 6.79 Å². The maximum Gasteiger partial charge on any atom is 0.146 e. The second kappa shape index (κ2) is 4.73. The van der Waals surface area contributed by atoms with E-state index in [1.807, 2.05) is 13.8 Å². The molecule has 56 valence electrons. The molecule has 2 unspecified atom stereocenters. The molecular formula is C6H15NO2. The van der Waals surface area contributed by atoms with Gasteiger partial charge in [0.15, 0.2) is 0 Å². The molecule has 0 bridgehead atoms. The Kier molecular flexibility index (Phi) is 4.67. The summed E-state index contributed by atoms with van der Waals surface area (Å²) in [7, 11) is 1.59. The summed E-state index contributed by atoms with van der Waals surface area (Å²) < 4.78 is 9.79. The Morgan fingerprint density at radius 1 is 1.44 bits per heavy atom. The average molecular weight is 133 g/mol. The van der Waals surface area contributed by atoms with Gasteiger partial charge >= 0.3 is 0 Å². The summed E-state index contributed by atoms with van der Waals surface area (Å²) in [6.45, 7) is 4.15. The molecule has 3 heteroatoms. The molecule has 0 radical (unpaired) electrons. The lowest BCUT2D eigenvalue weighted by Gasteiger charge is -2.14. The number of methoxy groups -OCH3 is 1. The van der Waals surface area contributed by atoms with Crippen molar-refractivity contribution in [2.24, 2.45) is 5.73 Å². The zero-order valence-corrected chi connectivity index (χ0v) is 6.26. The van der Waals surface area contributed by atoms with E-state index in [-0.39, 0.29) is 12.1 Å². The maximum atomic E-state index is 5.50. The molecular weight excluding hydrogens is 118 g/mol. The highest BCUT2D eigenvalue weighted by molar-refractivity contribution is 4.60. The van der Waals surface area contributed by atoms with Crippen molar-refractivity contribution < 1.29 is 9.47 Å². The van der Waals surface area contributed by atoms with Crippen molar-refractivity contribution in [3.05, 3.63) is 0 Å². The molecule has 0 aromatic carbocycles. The fourth-order valence-electron chi connectivity index (χ4n) is 0.327. The number of rotatable bonds is 4. The van der Waals surface area contributed by atoms with E-state index in [9.17, 15) is 0 Å². The van der Waals surface area contributed by atoms with Gasteiger partial charge in [0.05, 0.1) is 6.10 Å². The van der Waals surface area contributed by atoms with Gasteiger partial charge in [0.25, 0.3) is 0 Å². The van der Waals surface area contributed by atoms with Crippen LogP contribution in [-0.2, 0) is 9.47 Å². The predicted octanol–water partition coefficient (Wildman–Crippen LogP) is 0.343. The van der Waals surface area contributed by atoms with E-state index >= 15 is 0 Å². The quantitative estimate of drug-likeness (QED) is 0.562. The Labute approximate surface area is 56.1 Å². The summed E-state index contributed by atoms with van der Waals surface area (Å²) in [5.74, 6) is 0. The molecule has 0 aliphatic heterocycles. The van der Waals surface area contributed by atoms with Crippen LogP contribution in [0.3, 0.4) is 0 Å². The highest BCUT2D eigenvalue weighted by atomic mass is 16.7. The fourth-order valence-corrected chi connectivity index (χ4v) is 0.327. The average Bonchev–Trinajstić information content (AvgIpc) is 1.82. The van der Waals surface area contributed by atoms with Gasteiger partial charge in [-0.15, -0.1) is 0 Å². The van der Waals surface area contributed by atoms with Gasteiger partial charge in [-0.2, -0.15) is 0 Å². The molecule has 0 amide bonds. The largest absolute Gasteiger partial charge is 0.359 e. The Balaban J connectivity index is 3.16. The number of hydrogen-bond acceptors (Lipinski definition) is 3. The van der Waals surface area contributed by atoms with E-state index in [0.717, 1.165) is 0 Å². The van der Waals surface area contributed by atoms with Crippen molar-refractivity contribution in [1.82, 2.24) is 0 Å². The van der Waals surface area contributed by atoms with Crippen LogP contribution >= 0.6 is 0 Å². The molecule has 2 N–H and O–H groups in total. The number of ether oxygens (including phenoxy) is 2. The molecule has 0 spiro atoms. The maximum absolute atomic E-state index is 5.50. The van der Waals surface area contributed by atoms with E-state index in [1.165, 1.54) is 0 Å². The van der Waals surface area contributed by atoms with Crippen LogP contribution in [0.2, 0.25) is 0 Å². The van der Waals surface area contributed by atoms with E-state index in [1.54, 1.807) is 7.11 Å². The zero-order chi connectivity index (χ0) is 7.28. The Bertz CT molecular complexity index is 66.1. The second-order valence-electron chi connectivity index (χ2n) is 2.14. The van der Waals surface area contributed by atoms with Crippen LogP contribution in [0, 0.1) is 0 Å². The molecule has 9 heavy (non-hydrogen) atoms. The van der Waals surface area contributed by atoms with Crippen LogP contribution < -0.4 is 5.73 Å². The minimum absolute atomic E-state index is 0.0696. The molecule has 3 nitrogen and oxygen atoms in total. The summed E-state index contributed by atoms with van der Waals surface area (Å²) in [4.78, 5) is 0. The molecule has 0 aromatic rings. The molecule has 0 saturated heterocycles. The lowest BCUT2D eigenvalue weighted by atomic mass is 10.2. The molecule has 0 rings (SSSR count). The summed E-state index contributed by atoms with van der Waals surface area (Å²) in [6.07, 6.45) is 0.0740. The van der Waals surface area contributed by atoms with Crippen LogP contribution in [0.25, 0.3) is 0 Å². The fraction of sp³-hybridized carbons (Fsp3) is 1.00. The molecule has 2 atom stereocenters. The highest BCUT2D eigenvalue weighted by Gasteiger charge is 2.05. The van der Waals surface area contributed by atoms with Gasteiger partial charge in [-0.05, 0) is 13.8 Å². The topological polar surface area (TPSA) is 44.5 Å². The third-order valence-corrected chi connectivity index (χ3v) is 1.19. The summed E-state index contributed by atoms with van der Waals surface area (Å²) in [5, 5.41) is 0. The first-order chi connectivity index (χ1) is 4.18. The Hall–Kier alpha value is -0.120. The first-order valence-electron chi connectivity index (χ1n) is 3.04. The van der Waals surface area contributed by atoms with E-state index < -0.39 is 0 Å². The van der Waals surface area contributed by atoms with Gasteiger partial charge in [0, 0.05) is 13.2 Å². The smallest absolute Gasteiger partial charge is 0.146 e. The first-order valence-corrected chi connectivity index (χ1v) is 3.04. The highest BCUT2D eigenvalue weighted by Crippen LogP contribution is 1.93. The third kappa shape index (κ3) is 4.39. The standard InChI is InChI=1S/C6H15NO2/c1-5(7)6(2)9-4-8-3/h5-6H,4,7H2,1-3H3. The van der Waals surface area contributed by atoms with Crippen LogP contribution in [0.1, 0.15) is 13.8 Å². The minimum atomic E-state index is 0.0696. The molecule has 0 fully saturated rings. The zero-order valence-electron chi connectivity index (χ0n) is 6.26. The van der Waals surface area contributed by atoms with Crippen molar-refractivity contribution in [2.75, 3.05) is 13.9 Å². The van der Waals surface area contributed by atoms with Crippen molar-refractivity contribution >= 4 is 0 Å². The number of hydrogen-bond donors (Lipinski definition) is 1. The Morgan fingerprint density at radius 3 is 2.33 bits per heavy atom. The monoisotopic (exact) mass is 133 g/mol. The second-order valence-corrected chi connectivity index (χ2v) is 2.14. The van der Waals surface area contributed by atoms with Crippen molar-refractivity contribution in [1.29, 1.82) is 0 Å². The normalized spacial score (nSPS) is 17.3. The lowest BCUT2D eigenvalue weighted by molar-refractivity contribution is -0.0708. The van der Waals surface area contributed by atoms with E-state index in [2.05, 4.69) is 4.74 Å². The van der Waals surface area contributed by atoms with Crippen LogP contribution in [-0.4, -0.2) is 26.0 Å². The molecule has 0 aliphatic rings. The van der Waals surface area contributed by atoms with E-state index in [4.69, 9.17) is 10.5 Å². The van der Waals surface area contributed by atoms with Gasteiger partial charge in [-0.25, -0.2) is 0 Å². The minimum Gasteiger partial charge on any atom is -0.359 e. The van der Waals surface area contributed by atoms with Gasteiger partial charge in [-0.3, -0.25) is 0 Å². The van der Waals surface area contributed by atoms with Crippen LogP contribution in [0.15, 0.2) is 0 Å². The number of nitrogens with two attached hydrogens (primary N) is 1. The van der Waals surface area contributed by atoms with Crippen LogP contribution in [0.4, 0.5) is 0 Å². The van der Waals surface area contributed by atoms with Crippen molar-refractivity contribution in [3.63, 3.8) is 0 Å². The van der Waals surface area contributed by atoms with E-state index in [0.29, 0.717) is 6.79 Å². The lowest BCUT2D eigenvalue weighted by Crippen LogP contribution is -2.31. The summed E-state index contributed by atoms with van der Waals surface area (Å²) in [6, 6.07) is 0.0696. The molecule has 0 aromatic heterocycles. The molecule has 0 aliphatic carbocycles. The molecule has 0 heterocycles. The molecule has 0 saturated carbocycles. The predicted molar refractivity (Wildman–Crippen MR) is 36.1 cm³/mol. The summed E-state index contributed by atoms with van der Waals surface area (Å²) in [5.41, 5.74) is 5.50. The van der Waals surface area contributed by atoms with Gasteiger partial charge in [-0.1, -0.05) is 0 Å².